The summed E-state index contributed by atoms with van der Waals surface area (Å²) in [6, 6.07) is 0. The minimum Gasteiger partial charge on any atom is -0.466 e. The molecule has 2 rings (SSSR count). The number of rotatable bonds is 5. The minimum atomic E-state index is -0.376. The molecule has 0 aromatic heterocycles. The number of ether oxygens (including phenoxy) is 2. The van der Waals surface area contributed by atoms with Gasteiger partial charge in [-0.25, -0.2) is 4.79 Å². The molecular formula is C23H36O4. The maximum absolute atomic E-state index is 11.9. The molecule has 0 saturated heterocycles. The van der Waals surface area contributed by atoms with Gasteiger partial charge in [-0.15, -0.1) is 0 Å². The average Bonchev–Trinajstić information content (AvgIpc) is 2.52. The Hall–Kier alpha value is -1.58. The van der Waals surface area contributed by atoms with Gasteiger partial charge in [-0.3, -0.25) is 4.79 Å². The molecule has 4 nitrogen and oxygen atoms in total. The van der Waals surface area contributed by atoms with Gasteiger partial charge in [0.05, 0.1) is 7.11 Å². The fourth-order valence-electron chi connectivity index (χ4n) is 5.97. The Bertz CT molecular complexity index is 630. The topological polar surface area (TPSA) is 52.6 Å². The molecule has 0 aliphatic heterocycles. The molecule has 2 aliphatic carbocycles. The van der Waals surface area contributed by atoms with Gasteiger partial charge in [0, 0.05) is 25.3 Å². The van der Waals surface area contributed by atoms with Gasteiger partial charge < -0.3 is 9.47 Å². The fourth-order valence-corrected chi connectivity index (χ4v) is 5.97. The van der Waals surface area contributed by atoms with E-state index < -0.39 is 0 Å². The van der Waals surface area contributed by atoms with Gasteiger partial charge in [0.25, 0.3) is 0 Å². The molecule has 1 unspecified atom stereocenters. The van der Waals surface area contributed by atoms with Gasteiger partial charge >= 0.3 is 11.9 Å². The van der Waals surface area contributed by atoms with E-state index in [-0.39, 0.29) is 34.8 Å². The Morgan fingerprint density at radius 3 is 2.52 bits per heavy atom. The lowest BCUT2D eigenvalue weighted by atomic mass is 9.46. The Morgan fingerprint density at radius 1 is 1.26 bits per heavy atom. The molecule has 152 valence electrons. The molecule has 0 radical (unpaired) electrons. The Morgan fingerprint density at radius 2 is 1.93 bits per heavy atom. The summed E-state index contributed by atoms with van der Waals surface area (Å²) in [7, 11) is 1.37. The largest absolute Gasteiger partial charge is 0.466 e. The van der Waals surface area contributed by atoms with Crippen LogP contribution in [0.4, 0.5) is 0 Å². The number of carbonyl (C=O) groups excluding carboxylic acids is 2. The second-order valence-electron chi connectivity index (χ2n) is 9.44. The second kappa shape index (κ2) is 8.20. The first kappa shape index (κ1) is 21.7. The number of esters is 2. The number of hydrogen-bond donors (Lipinski definition) is 0. The Balaban J connectivity index is 2.39. The van der Waals surface area contributed by atoms with E-state index in [0.29, 0.717) is 12.3 Å². The van der Waals surface area contributed by atoms with Crippen molar-refractivity contribution in [3.8, 4) is 0 Å². The van der Waals surface area contributed by atoms with E-state index in [0.717, 1.165) is 24.8 Å². The summed E-state index contributed by atoms with van der Waals surface area (Å²) in [5.41, 5.74) is 2.39. The van der Waals surface area contributed by atoms with Crippen molar-refractivity contribution in [3.63, 3.8) is 0 Å². The third-order valence-corrected chi connectivity index (χ3v) is 6.96. The van der Waals surface area contributed by atoms with Gasteiger partial charge in [0.1, 0.15) is 6.10 Å². The fraction of sp³-hybridized carbons (Fsp3) is 0.739. The van der Waals surface area contributed by atoms with Gasteiger partial charge in [0.2, 0.25) is 0 Å². The van der Waals surface area contributed by atoms with E-state index >= 15 is 0 Å². The van der Waals surface area contributed by atoms with Crippen LogP contribution in [0.3, 0.4) is 0 Å². The van der Waals surface area contributed by atoms with E-state index in [1.807, 2.05) is 6.92 Å². The summed E-state index contributed by atoms with van der Waals surface area (Å²) < 4.78 is 10.6. The normalized spacial score (nSPS) is 31.6. The van der Waals surface area contributed by atoms with Crippen LogP contribution in [0.5, 0.6) is 0 Å². The summed E-state index contributed by atoms with van der Waals surface area (Å²) in [5.74, 6) is 0.0387. The summed E-state index contributed by atoms with van der Waals surface area (Å²) in [6.45, 7) is 14.9. The first-order valence-electron chi connectivity index (χ1n) is 10.1. The molecule has 4 atom stereocenters. The molecule has 0 heterocycles. The number of hydrogen-bond acceptors (Lipinski definition) is 4. The predicted molar refractivity (Wildman–Crippen MR) is 107 cm³/mol. The molecular weight excluding hydrogens is 340 g/mol. The van der Waals surface area contributed by atoms with Crippen LogP contribution in [-0.4, -0.2) is 25.2 Å². The van der Waals surface area contributed by atoms with E-state index in [2.05, 4.69) is 27.4 Å². The molecule has 0 bridgehead atoms. The summed E-state index contributed by atoms with van der Waals surface area (Å²) in [5, 5.41) is 0. The molecule has 4 heteroatoms. The molecule has 2 saturated carbocycles. The third-order valence-electron chi connectivity index (χ3n) is 6.96. The van der Waals surface area contributed by atoms with Crippen LogP contribution in [-0.2, 0) is 19.1 Å². The predicted octanol–water partition coefficient (Wildman–Crippen LogP) is 5.23. The zero-order valence-electron chi connectivity index (χ0n) is 17.9. The highest BCUT2D eigenvalue weighted by molar-refractivity contribution is 5.82. The lowest BCUT2D eigenvalue weighted by Gasteiger charge is -2.59. The molecule has 27 heavy (non-hydrogen) atoms. The van der Waals surface area contributed by atoms with Gasteiger partial charge in [-0.1, -0.05) is 44.9 Å². The standard InChI is InChI=1S/C23H36O4/c1-15(14-20(25)26-7)13-18(27-17(3)24)21-16(2)9-10-19-22(4,5)11-8-12-23(19,21)6/h14,18-19,21H,2,8-13H2,1,3-7H3/b15-14+/t18?,19-,21+,23-/m0/s1. The summed E-state index contributed by atoms with van der Waals surface area (Å²) >= 11 is 0. The average molecular weight is 377 g/mol. The second-order valence-corrected chi connectivity index (χ2v) is 9.44. The third kappa shape index (κ3) is 4.64. The monoisotopic (exact) mass is 376 g/mol. The Kier molecular flexibility index (Phi) is 6.59. The zero-order chi connectivity index (χ0) is 20.4. The van der Waals surface area contributed by atoms with Crippen LogP contribution in [0, 0.1) is 22.7 Å². The van der Waals surface area contributed by atoms with Crippen molar-refractivity contribution in [2.45, 2.75) is 79.2 Å². The molecule has 0 aromatic carbocycles. The summed E-state index contributed by atoms with van der Waals surface area (Å²) in [6.07, 6.45) is 7.42. The van der Waals surface area contributed by atoms with E-state index in [4.69, 9.17) is 9.47 Å². The lowest BCUT2D eigenvalue weighted by molar-refractivity contribution is -0.156. The van der Waals surface area contributed by atoms with Crippen LogP contribution in [0.1, 0.15) is 73.1 Å². The van der Waals surface area contributed by atoms with Crippen molar-refractivity contribution < 1.29 is 19.1 Å². The zero-order valence-corrected chi connectivity index (χ0v) is 17.9. The van der Waals surface area contributed by atoms with E-state index in [1.165, 1.54) is 38.5 Å². The highest BCUT2D eigenvalue weighted by Gasteiger charge is 2.55. The van der Waals surface area contributed by atoms with E-state index in [1.54, 1.807) is 0 Å². The van der Waals surface area contributed by atoms with Crippen LogP contribution in [0.25, 0.3) is 0 Å². The van der Waals surface area contributed by atoms with Crippen LogP contribution >= 0.6 is 0 Å². The van der Waals surface area contributed by atoms with Crippen LogP contribution in [0.2, 0.25) is 0 Å². The van der Waals surface area contributed by atoms with Crippen LogP contribution in [0.15, 0.2) is 23.8 Å². The highest BCUT2D eigenvalue weighted by atomic mass is 16.5. The summed E-state index contributed by atoms with van der Waals surface area (Å²) in [4.78, 5) is 23.5. The molecule has 0 spiro atoms. The maximum atomic E-state index is 11.9. The van der Waals surface area contributed by atoms with Crippen molar-refractivity contribution in [2.24, 2.45) is 22.7 Å². The molecule has 2 aliphatic rings. The molecule has 0 amide bonds. The quantitative estimate of drug-likeness (QED) is 0.375. The van der Waals surface area contributed by atoms with Crippen molar-refractivity contribution in [2.75, 3.05) is 7.11 Å². The van der Waals surface area contributed by atoms with Gasteiger partial charge in [-0.05, 0) is 49.4 Å². The lowest BCUT2D eigenvalue weighted by Crippen LogP contribution is -2.53. The molecule has 0 N–H and O–H groups in total. The van der Waals surface area contributed by atoms with Crippen molar-refractivity contribution in [1.82, 2.24) is 0 Å². The molecule has 2 fully saturated rings. The number of carbonyl (C=O) groups is 2. The smallest absolute Gasteiger partial charge is 0.330 e. The highest BCUT2D eigenvalue weighted by Crippen LogP contribution is 2.62. The van der Waals surface area contributed by atoms with Crippen molar-refractivity contribution in [1.29, 1.82) is 0 Å². The van der Waals surface area contributed by atoms with E-state index in [9.17, 15) is 9.59 Å². The Labute approximate surface area is 164 Å². The number of fused-ring (bicyclic) bond motifs is 1. The van der Waals surface area contributed by atoms with Crippen LogP contribution < -0.4 is 0 Å². The first-order chi connectivity index (χ1) is 12.5. The van der Waals surface area contributed by atoms with Crippen molar-refractivity contribution in [3.05, 3.63) is 23.8 Å². The SMILES string of the molecule is C=C1CC[C@H]2C(C)(C)CCC[C@]2(C)[C@H]1C(C/C(C)=C/C(=O)OC)OC(C)=O. The van der Waals surface area contributed by atoms with Gasteiger partial charge in [0.15, 0.2) is 0 Å². The minimum absolute atomic E-state index is 0.0583. The first-order valence-corrected chi connectivity index (χ1v) is 10.1. The maximum Gasteiger partial charge on any atom is 0.330 e. The van der Waals surface area contributed by atoms with Crippen molar-refractivity contribution >= 4 is 11.9 Å². The molecule has 0 aromatic rings. The van der Waals surface area contributed by atoms with Gasteiger partial charge in [-0.2, -0.15) is 0 Å². The number of methoxy groups -OCH3 is 1.